The predicted octanol–water partition coefficient (Wildman–Crippen LogP) is 4.64. The highest BCUT2D eigenvalue weighted by molar-refractivity contribution is 5.85. The minimum Gasteiger partial charge on any atom is -0.461 e. The first-order valence-corrected chi connectivity index (χ1v) is 5.86. The zero-order valence-corrected chi connectivity index (χ0v) is 10.8. The van der Waals surface area contributed by atoms with E-state index in [1.165, 1.54) is 16.5 Å². The van der Waals surface area contributed by atoms with Crippen LogP contribution in [0.15, 0.2) is 22.6 Å². The fraction of sp³-hybridized carbons (Fsp3) is 0.467. The Morgan fingerprint density at radius 1 is 1.12 bits per heavy atom. The summed E-state index contributed by atoms with van der Waals surface area (Å²) in [7, 11) is 0. The molecule has 0 amide bonds. The summed E-state index contributed by atoms with van der Waals surface area (Å²) in [4.78, 5) is 0. The van der Waals surface area contributed by atoms with Crippen LogP contribution in [0.2, 0.25) is 0 Å². The average Bonchev–Trinajstić information content (AvgIpc) is 2.41. The van der Waals surface area contributed by atoms with Gasteiger partial charge in [-0.1, -0.05) is 32.9 Å². The maximum Gasteiger partial charge on any atom is 0.134 e. The van der Waals surface area contributed by atoms with E-state index in [0.29, 0.717) is 5.41 Å². The molecule has 0 saturated heterocycles. The second kappa shape index (κ2) is 3.65. The molecule has 1 aromatic heterocycles. The van der Waals surface area contributed by atoms with Crippen LogP contribution in [0.25, 0.3) is 11.0 Å². The van der Waals surface area contributed by atoms with Crippen molar-refractivity contribution in [3.8, 4) is 0 Å². The first-order valence-electron chi connectivity index (χ1n) is 5.86. The molecule has 2 aromatic rings. The summed E-state index contributed by atoms with van der Waals surface area (Å²) in [5.74, 6) is 1.04. The Bertz CT molecular complexity index is 512. The smallest absolute Gasteiger partial charge is 0.134 e. The molecule has 0 radical (unpaired) electrons. The van der Waals surface area contributed by atoms with Crippen LogP contribution < -0.4 is 0 Å². The number of rotatable bonds is 1. The molecule has 0 spiro atoms. The van der Waals surface area contributed by atoms with Crippen LogP contribution in [0.5, 0.6) is 0 Å². The zero-order valence-electron chi connectivity index (χ0n) is 10.8. The molecule has 0 aliphatic rings. The number of hydrogen-bond acceptors (Lipinski definition) is 1. The standard InChI is InChI=1S/C15H20O/c1-10-11(2)16-13-8-6-7-12(14(10)13)9-15(3,4)5/h6-8H,9H2,1-5H3. The topological polar surface area (TPSA) is 13.1 Å². The highest BCUT2D eigenvalue weighted by atomic mass is 16.3. The van der Waals surface area contributed by atoms with E-state index in [-0.39, 0.29) is 0 Å². The molecular weight excluding hydrogens is 196 g/mol. The van der Waals surface area contributed by atoms with Gasteiger partial charge in [0, 0.05) is 5.39 Å². The fourth-order valence-electron chi connectivity index (χ4n) is 2.22. The summed E-state index contributed by atoms with van der Waals surface area (Å²) >= 11 is 0. The van der Waals surface area contributed by atoms with Crippen LogP contribution in [-0.2, 0) is 6.42 Å². The van der Waals surface area contributed by atoms with E-state index in [4.69, 9.17) is 4.42 Å². The Balaban J connectivity index is 2.61. The maximum atomic E-state index is 5.75. The third-order valence-electron chi connectivity index (χ3n) is 3.00. The van der Waals surface area contributed by atoms with Gasteiger partial charge < -0.3 is 4.42 Å². The molecule has 16 heavy (non-hydrogen) atoms. The minimum atomic E-state index is 0.311. The van der Waals surface area contributed by atoms with Gasteiger partial charge in [-0.3, -0.25) is 0 Å². The van der Waals surface area contributed by atoms with Crippen molar-refractivity contribution in [2.24, 2.45) is 5.41 Å². The monoisotopic (exact) mass is 216 g/mol. The molecule has 0 atom stereocenters. The Hall–Kier alpha value is -1.24. The molecule has 0 aliphatic carbocycles. The number of aryl methyl sites for hydroxylation is 2. The molecule has 1 heteroatoms. The predicted molar refractivity (Wildman–Crippen MR) is 68.8 cm³/mol. The number of hydrogen-bond donors (Lipinski definition) is 0. The van der Waals surface area contributed by atoms with Gasteiger partial charge in [-0.15, -0.1) is 0 Å². The second-order valence-corrected chi connectivity index (χ2v) is 5.81. The molecule has 0 N–H and O–H groups in total. The van der Waals surface area contributed by atoms with E-state index < -0.39 is 0 Å². The van der Waals surface area contributed by atoms with Gasteiger partial charge in [0.25, 0.3) is 0 Å². The van der Waals surface area contributed by atoms with E-state index in [0.717, 1.165) is 17.8 Å². The normalized spacial score (nSPS) is 12.3. The Labute approximate surface area is 97.5 Å². The summed E-state index contributed by atoms with van der Waals surface area (Å²) in [5, 5.41) is 1.31. The summed E-state index contributed by atoms with van der Waals surface area (Å²) in [6.07, 6.45) is 1.09. The molecule has 1 aromatic carbocycles. The average molecular weight is 216 g/mol. The molecule has 0 bridgehead atoms. The SMILES string of the molecule is Cc1oc2cccc(CC(C)(C)C)c2c1C. The van der Waals surface area contributed by atoms with Crippen LogP contribution in [0.4, 0.5) is 0 Å². The molecule has 1 nitrogen and oxygen atoms in total. The van der Waals surface area contributed by atoms with Gasteiger partial charge in [-0.25, -0.2) is 0 Å². The minimum absolute atomic E-state index is 0.311. The summed E-state index contributed by atoms with van der Waals surface area (Å²) in [6.45, 7) is 11.0. The Morgan fingerprint density at radius 3 is 2.44 bits per heavy atom. The number of furan rings is 1. The van der Waals surface area contributed by atoms with Gasteiger partial charge in [-0.2, -0.15) is 0 Å². The number of fused-ring (bicyclic) bond motifs is 1. The summed E-state index contributed by atoms with van der Waals surface area (Å²) < 4.78 is 5.75. The molecular formula is C15H20O. The van der Waals surface area contributed by atoms with Crippen LogP contribution in [0.1, 0.15) is 37.7 Å². The van der Waals surface area contributed by atoms with E-state index >= 15 is 0 Å². The lowest BCUT2D eigenvalue weighted by molar-refractivity contribution is 0.412. The lowest BCUT2D eigenvalue weighted by atomic mass is 9.86. The van der Waals surface area contributed by atoms with Crippen molar-refractivity contribution in [3.05, 3.63) is 35.1 Å². The third kappa shape index (κ3) is 1.99. The molecule has 0 aliphatic heterocycles. The Kier molecular flexibility index (Phi) is 2.57. The van der Waals surface area contributed by atoms with E-state index in [9.17, 15) is 0 Å². The van der Waals surface area contributed by atoms with Crippen molar-refractivity contribution >= 4 is 11.0 Å². The lowest BCUT2D eigenvalue weighted by Gasteiger charge is -2.18. The van der Waals surface area contributed by atoms with Gasteiger partial charge >= 0.3 is 0 Å². The largest absolute Gasteiger partial charge is 0.461 e. The first kappa shape index (κ1) is 11.3. The molecule has 2 rings (SSSR count). The van der Waals surface area contributed by atoms with Crippen LogP contribution in [0, 0.1) is 19.3 Å². The number of benzene rings is 1. The molecule has 0 saturated carbocycles. The van der Waals surface area contributed by atoms with E-state index in [2.05, 4.69) is 45.9 Å². The van der Waals surface area contributed by atoms with Crippen LogP contribution in [0.3, 0.4) is 0 Å². The zero-order chi connectivity index (χ0) is 11.9. The quantitative estimate of drug-likeness (QED) is 0.677. The van der Waals surface area contributed by atoms with Crippen molar-refractivity contribution in [1.82, 2.24) is 0 Å². The van der Waals surface area contributed by atoms with Crippen LogP contribution in [-0.4, -0.2) is 0 Å². The highest BCUT2D eigenvalue weighted by Crippen LogP contribution is 2.31. The summed E-state index contributed by atoms with van der Waals surface area (Å²) in [6, 6.07) is 6.36. The fourth-order valence-corrected chi connectivity index (χ4v) is 2.22. The van der Waals surface area contributed by atoms with Gasteiger partial charge in [0.2, 0.25) is 0 Å². The molecule has 1 heterocycles. The van der Waals surface area contributed by atoms with E-state index in [1.54, 1.807) is 0 Å². The van der Waals surface area contributed by atoms with Gasteiger partial charge in [0.1, 0.15) is 11.3 Å². The first-order chi connectivity index (χ1) is 7.38. The van der Waals surface area contributed by atoms with Crippen molar-refractivity contribution in [2.45, 2.75) is 41.0 Å². The van der Waals surface area contributed by atoms with Gasteiger partial charge in [0.05, 0.1) is 0 Å². The molecule has 0 fully saturated rings. The van der Waals surface area contributed by atoms with Crippen LogP contribution >= 0.6 is 0 Å². The van der Waals surface area contributed by atoms with Crippen molar-refractivity contribution < 1.29 is 4.42 Å². The van der Waals surface area contributed by atoms with Gasteiger partial charge in [-0.05, 0) is 42.9 Å². The van der Waals surface area contributed by atoms with Crippen molar-refractivity contribution in [3.63, 3.8) is 0 Å². The van der Waals surface area contributed by atoms with E-state index in [1.807, 2.05) is 6.92 Å². The second-order valence-electron chi connectivity index (χ2n) is 5.81. The van der Waals surface area contributed by atoms with Crippen molar-refractivity contribution in [1.29, 1.82) is 0 Å². The molecule has 86 valence electrons. The maximum absolute atomic E-state index is 5.75. The molecule has 0 unspecified atom stereocenters. The van der Waals surface area contributed by atoms with Gasteiger partial charge in [0.15, 0.2) is 0 Å². The Morgan fingerprint density at radius 2 is 1.81 bits per heavy atom. The lowest BCUT2D eigenvalue weighted by Crippen LogP contribution is -2.09. The van der Waals surface area contributed by atoms with Crippen molar-refractivity contribution in [2.75, 3.05) is 0 Å². The summed E-state index contributed by atoms with van der Waals surface area (Å²) in [5.41, 5.74) is 4.03. The highest BCUT2D eigenvalue weighted by Gasteiger charge is 2.16. The third-order valence-corrected chi connectivity index (χ3v) is 3.00.